The van der Waals surface area contributed by atoms with Crippen LogP contribution >= 0.6 is 0 Å². The molecule has 2 aliphatic carbocycles. The first-order chi connectivity index (χ1) is 16.8. The molecule has 1 aromatic carbocycles. The molecule has 0 radical (unpaired) electrons. The SMILES string of the molecule is COC(C)(C)CNc1cc(NC2CCCC2)nc2c(-c3ccc(C(=O)NC4CC4)c(C)c3)cnn12. The third-order valence-electron chi connectivity index (χ3n) is 7.12. The monoisotopic (exact) mass is 476 g/mol. The molecule has 2 aliphatic rings. The summed E-state index contributed by atoms with van der Waals surface area (Å²) < 4.78 is 7.45. The average Bonchev–Trinajstić information content (AvgIpc) is 3.31. The Balaban J connectivity index is 1.49. The minimum atomic E-state index is -0.321. The molecule has 0 atom stereocenters. The Morgan fingerprint density at radius 1 is 1.14 bits per heavy atom. The highest BCUT2D eigenvalue weighted by Crippen LogP contribution is 2.30. The molecule has 2 fully saturated rings. The molecule has 2 heterocycles. The van der Waals surface area contributed by atoms with Gasteiger partial charge in [0.1, 0.15) is 11.6 Å². The molecule has 35 heavy (non-hydrogen) atoms. The summed E-state index contributed by atoms with van der Waals surface area (Å²) >= 11 is 0. The topological polar surface area (TPSA) is 92.6 Å². The number of nitrogens with one attached hydrogen (secondary N) is 3. The maximum atomic E-state index is 12.6. The summed E-state index contributed by atoms with van der Waals surface area (Å²) in [6.07, 6.45) is 8.85. The average molecular weight is 477 g/mol. The predicted molar refractivity (Wildman–Crippen MR) is 139 cm³/mol. The second-order valence-corrected chi connectivity index (χ2v) is 10.5. The molecule has 0 spiro atoms. The van der Waals surface area contributed by atoms with E-state index in [1.54, 1.807) is 7.11 Å². The van der Waals surface area contributed by atoms with Crippen molar-refractivity contribution in [3.05, 3.63) is 41.6 Å². The van der Waals surface area contributed by atoms with E-state index >= 15 is 0 Å². The van der Waals surface area contributed by atoms with Crippen LogP contribution in [0.4, 0.5) is 11.6 Å². The third-order valence-corrected chi connectivity index (χ3v) is 7.12. The molecule has 3 N–H and O–H groups in total. The standard InChI is InChI=1S/C27H36N6O2/c1-17-13-18(9-12-21(17)26(34)31-20-10-11-20)22-15-29-33-24(28-16-27(2,3)35-4)14-23(32-25(22)33)30-19-7-5-6-8-19/h9,12-15,19-20,28H,5-8,10-11,16H2,1-4H3,(H,30,32)(H,31,34). The molecular weight excluding hydrogens is 440 g/mol. The second-order valence-electron chi connectivity index (χ2n) is 10.5. The van der Waals surface area contributed by atoms with Crippen molar-refractivity contribution in [3.63, 3.8) is 0 Å². The fourth-order valence-electron chi connectivity index (χ4n) is 4.60. The fourth-order valence-corrected chi connectivity index (χ4v) is 4.60. The number of methoxy groups -OCH3 is 1. The first kappa shape index (κ1) is 23.6. The quantitative estimate of drug-likeness (QED) is 0.411. The van der Waals surface area contributed by atoms with Crippen LogP contribution in [0.3, 0.4) is 0 Å². The van der Waals surface area contributed by atoms with Crippen LogP contribution in [-0.4, -0.2) is 51.8 Å². The molecule has 0 saturated heterocycles. The van der Waals surface area contributed by atoms with Gasteiger partial charge in [0, 0.05) is 42.9 Å². The van der Waals surface area contributed by atoms with Crippen molar-refractivity contribution in [2.24, 2.45) is 0 Å². The number of ether oxygens (including phenoxy) is 1. The van der Waals surface area contributed by atoms with Gasteiger partial charge >= 0.3 is 0 Å². The minimum Gasteiger partial charge on any atom is -0.377 e. The largest absolute Gasteiger partial charge is 0.377 e. The van der Waals surface area contributed by atoms with E-state index in [4.69, 9.17) is 9.72 Å². The van der Waals surface area contributed by atoms with Crippen molar-refractivity contribution in [1.29, 1.82) is 0 Å². The van der Waals surface area contributed by atoms with Crippen LogP contribution in [0.1, 0.15) is 68.3 Å². The van der Waals surface area contributed by atoms with Gasteiger partial charge in [0.05, 0.1) is 11.8 Å². The molecule has 3 aromatic rings. The van der Waals surface area contributed by atoms with Gasteiger partial charge in [-0.05, 0) is 63.6 Å². The lowest BCUT2D eigenvalue weighted by Gasteiger charge is -2.24. The first-order valence-electron chi connectivity index (χ1n) is 12.7. The van der Waals surface area contributed by atoms with Gasteiger partial charge in [0.15, 0.2) is 5.65 Å². The number of benzene rings is 1. The number of carbonyl (C=O) groups is 1. The highest BCUT2D eigenvalue weighted by molar-refractivity contribution is 5.97. The lowest BCUT2D eigenvalue weighted by molar-refractivity contribution is 0.0343. The Kier molecular flexibility index (Phi) is 6.40. The predicted octanol–water partition coefficient (Wildman–Crippen LogP) is 4.79. The third kappa shape index (κ3) is 5.27. The molecule has 1 amide bonds. The van der Waals surface area contributed by atoms with E-state index in [0.717, 1.165) is 52.4 Å². The number of aromatic nitrogens is 3. The Hall–Kier alpha value is -3.13. The molecule has 186 valence electrons. The van der Waals surface area contributed by atoms with E-state index in [0.29, 0.717) is 18.6 Å². The van der Waals surface area contributed by atoms with Crippen LogP contribution in [-0.2, 0) is 4.74 Å². The summed E-state index contributed by atoms with van der Waals surface area (Å²) in [5.41, 5.74) is 4.05. The molecule has 8 nitrogen and oxygen atoms in total. The van der Waals surface area contributed by atoms with Crippen molar-refractivity contribution < 1.29 is 9.53 Å². The number of aryl methyl sites for hydroxylation is 1. The van der Waals surface area contributed by atoms with Gasteiger partial charge in [-0.15, -0.1) is 0 Å². The van der Waals surface area contributed by atoms with Crippen LogP contribution in [0.5, 0.6) is 0 Å². The van der Waals surface area contributed by atoms with E-state index in [-0.39, 0.29) is 11.5 Å². The number of carbonyl (C=O) groups excluding carboxylic acids is 1. The van der Waals surface area contributed by atoms with Crippen molar-refractivity contribution in [3.8, 4) is 11.1 Å². The minimum absolute atomic E-state index is 0.00447. The summed E-state index contributed by atoms with van der Waals surface area (Å²) in [7, 11) is 1.72. The maximum absolute atomic E-state index is 12.6. The van der Waals surface area contributed by atoms with E-state index < -0.39 is 0 Å². The lowest BCUT2D eigenvalue weighted by atomic mass is 10.0. The molecular formula is C27H36N6O2. The molecule has 0 unspecified atom stereocenters. The van der Waals surface area contributed by atoms with Gasteiger partial charge < -0.3 is 20.7 Å². The molecule has 2 aromatic heterocycles. The molecule has 5 rings (SSSR count). The highest BCUT2D eigenvalue weighted by atomic mass is 16.5. The van der Waals surface area contributed by atoms with Crippen LogP contribution in [0.2, 0.25) is 0 Å². The number of nitrogens with zero attached hydrogens (tertiary/aromatic N) is 3. The number of rotatable bonds is 9. The van der Waals surface area contributed by atoms with Crippen molar-refractivity contribution in [2.45, 2.75) is 77.0 Å². The molecule has 2 saturated carbocycles. The van der Waals surface area contributed by atoms with Crippen molar-refractivity contribution in [2.75, 3.05) is 24.3 Å². The number of anilines is 2. The van der Waals surface area contributed by atoms with E-state index in [9.17, 15) is 4.79 Å². The fraction of sp³-hybridized carbons (Fsp3) is 0.519. The zero-order valence-corrected chi connectivity index (χ0v) is 21.1. The molecule has 8 heteroatoms. The zero-order chi connectivity index (χ0) is 24.6. The number of hydrogen-bond acceptors (Lipinski definition) is 6. The van der Waals surface area contributed by atoms with Gasteiger partial charge in [-0.1, -0.05) is 25.0 Å². The smallest absolute Gasteiger partial charge is 0.251 e. The van der Waals surface area contributed by atoms with Crippen LogP contribution in [0.25, 0.3) is 16.8 Å². The number of hydrogen-bond donors (Lipinski definition) is 3. The van der Waals surface area contributed by atoms with Gasteiger partial charge in [-0.2, -0.15) is 9.61 Å². The normalized spacial score (nSPS) is 16.6. The van der Waals surface area contributed by atoms with Gasteiger partial charge in [-0.3, -0.25) is 4.79 Å². The summed E-state index contributed by atoms with van der Waals surface area (Å²) in [4.78, 5) is 17.6. The first-order valence-corrected chi connectivity index (χ1v) is 12.7. The van der Waals surface area contributed by atoms with Gasteiger partial charge in [0.25, 0.3) is 5.91 Å². The Morgan fingerprint density at radius 2 is 1.91 bits per heavy atom. The van der Waals surface area contributed by atoms with Crippen molar-refractivity contribution >= 4 is 23.2 Å². The molecule has 0 aliphatic heterocycles. The Morgan fingerprint density at radius 3 is 2.60 bits per heavy atom. The summed E-state index contributed by atoms with van der Waals surface area (Å²) in [5, 5.41) is 14.9. The molecule has 0 bridgehead atoms. The Bertz CT molecular complexity index is 1220. The number of fused-ring (bicyclic) bond motifs is 1. The lowest BCUT2D eigenvalue weighted by Crippen LogP contribution is -2.32. The number of amides is 1. The summed E-state index contributed by atoms with van der Waals surface area (Å²) in [6.45, 7) is 6.71. The van der Waals surface area contributed by atoms with Crippen LogP contribution < -0.4 is 16.0 Å². The van der Waals surface area contributed by atoms with E-state index in [1.165, 1.54) is 25.7 Å². The van der Waals surface area contributed by atoms with Crippen molar-refractivity contribution in [1.82, 2.24) is 19.9 Å². The van der Waals surface area contributed by atoms with Crippen LogP contribution in [0, 0.1) is 6.92 Å². The zero-order valence-electron chi connectivity index (χ0n) is 21.1. The van der Waals surface area contributed by atoms with Gasteiger partial charge in [-0.25, -0.2) is 4.98 Å². The highest BCUT2D eigenvalue weighted by Gasteiger charge is 2.25. The second kappa shape index (κ2) is 9.49. The van der Waals surface area contributed by atoms with E-state index in [2.05, 4.69) is 27.1 Å². The maximum Gasteiger partial charge on any atom is 0.251 e. The van der Waals surface area contributed by atoms with Crippen LogP contribution in [0.15, 0.2) is 30.5 Å². The van der Waals surface area contributed by atoms with E-state index in [1.807, 2.05) is 49.7 Å². The van der Waals surface area contributed by atoms with Gasteiger partial charge in [0.2, 0.25) is 0 Å². The summed E-state index contributed by atoms with van der Waals surface area (Å²) in [6, 6.07) is 8.78. The Labute approximate surface area is 206 Å². The summed E-state index contributed by atoms with van der Waals surface area (Å²) in [5.74, 6) is 1.72.